The molecule has 0 aromatic carbocycles. The minimum atomic E-state index is -4.46. The molecule has 0 bridgehead atoms. The van der Waals surface area contributed by atoms with Crippen LogP contribution in [0.3, 0.4) is 0 Å². The van der Waals surface area contributed by atoms with Crippen molar-refractivity contribution < 1.29 is 17.7 Å². The van der Waals surface area contributed by atoms with Crippen LogP contribution in [-0.2, 0) is 6.18 Å². The van der Waals surface area contributed by atoms with E-state index in [1.54, 1.807) is 0 Å². The summed E-state index contributed by atoms with van der Waals surface area (Å²) in [4.78, 5) is 3.36. The van der Waals surface area contributed by atoms with Crippen LogP contribution in [-0.4, -0.2) is 9.54 Å². The summed E-state index contributed by atoms with van der Waals surface area (Å²) in [6, 6.07) is 2.04. The molecule has 1 heterocycles. The van der Waals surface area contributed by atoms with Crippen LogP contribution in [0.15, 0.2) is 23.4 Å². The van der Waals surface area contributed by atoms with Gasteiger partial charge in [-0.1, -0.05) is 0 Å². The maximum absolute atomic E-state index is 12.1. The van der Waals surface area contributed by atoms with E-state index >= 15 is 0 Å². The zero-order valence-corrected chi connectivity index (χ0v) is 6.49. The van der Waals surface area contributed by atoms with Gasteiger partial charge in [0.2, 0.25) is 0 Å². The molecule has 12 heavy (non-hydrogen) atoms. The van der Waals surface area contributed by atoms with Crippen LogP contribution in [0, 0.1) is 0 Å². The van der Waals surface area contributed by atoms with E-state index in [0.717, 1.165) is 6.07 Å². The standard InChI is InChI=1S/C6H4F3NOS/c7-6(8,9)4-2-1-3-10-5(4)12-11/h1-3,11H. The lowest BCUT2D eigenvalue weighted by molar-refractivity contribution is -0.140. The summed E-state index contributed by atoms with van der Waals surface area (Å²) in [7, 11) is 0. The molecule has 0 unspecified atom stereocenters. The lowest BCUT2D eigenvalue weighted by atomic mass is 10.3. The summed E-state index contributed by atoms with van der Waals surface area (Å²) < 4.78 is 44.6. The summed E-state index contributed by atoms with van der Waals surface area (Å²) in [5.74, 6) is 0. The zero-order chi connectivity index (χ0) is 9.19. The molecule has 0 aliphatic heterocycles. The monoisotopic (exact) mass is 195 g/mol. The highest BCUT2D eigenvalue weighted by atomic mass is 32.2. The van der Waals surface area contributed by atoms with Crippen molar-refractivity contribution in [3.05, 3.63) is 23.9 Å². The van der Waals surface area contributed by atoms with E-state index in [1.807, 2.05) is 0 Å². The van der Waals surface area contributed by atoms with Gasteiger partial charge in [-0.2, -0.15) is 13.2 Å². The van der Waals surface area contributed by atoms with Crippen LogP contribution < -0.4 is 0 Å². The molecule has 66 valence electrons. The first-order chi connectivity index (χ1) is 5.55. The number of aromatic nitrogens is 1. The van der Waals surface area contributed by atoms with Gasteiger partial charge in [-0.25, -0.2) is 4.98 Å². The molecule has 1 aromatic heterocycles. The molecule has 0 atom stereocenters. The highest BCUT2D eigenvalue weighted by Crippen LogP contribution is 2.34. The van der Waals surface area contributed by atoms with Crippen molar-refractivity contribution in [2.45, 2.75) is 11.2 Å². The number of alkyl halides is 3. The van der Waals surface area contributed by atoms with Crippen LogP contribution in [0.4, 0.5) is 13.2 Å². The van der Waals surface area contributed by atoms with E-state index in [-0.39, 0.29) is 12.0 Å². The predicted molar refractivity (Wildman–Crippen MR) is 37.7 cm³/mol. The molecule has 0 radical (unpaired) electrons. The second-order valence-electron chi connectivity index (χ2n) is 1.95. The molecule has 0 spiro atoms. The molecular weight excluding hydrogens is 191 g/mol. The Hall–Kier alpha value is -0.750. The van der Waals surface area contributed by atoms with Gasteiger partial charge in [0.05, 0.1) is 5.56 Å². The Labute approximate surface area is 70.6 Å². The van der Waals surface area contributed by atoms with Crippen molar-refractivity contribution in [2.24, 2.45) is 0 Å². The minimum Gasteiger partial charge on any atom is -0.324 e. The molecule has 0 amide bonds. The second-order valence-corrected chi connectivity index (χ2v) is 2.51. The van der Waals surface area contributed by atoms with Crippen LogP contribution in [0.1, 0.15) is 5.56 Å². The maximum atomic E-state index is 12.1. The number of halogens is 3. The van der Waals surface area contributed by atoms with Gasteiger partial charge in [0.15, 0.2) is 0 Å². The Morgan fingerprint density at radius 1 is 1.42 bits per heavy atom. The third kappa shape index (κ3) is 1.89. The van der Waals surface area contributed by atoms with Gasteiger partial charge in [0.1, 0.15) is 5.03 Å². The summed E-state index contributed by atoms with van der Waals surface area (Å²) in [5.41, 5.74) is -0.919. The molecule has 6 heteroatoms. The third-order valence-electron chi connectivity index (χ3n) is 1.16. The molecule has 0 aliphatic rings. The largest absolute Gasteiger partial charge is 0.419 e. The van der Waals surface area contributed by atoms with E-state index in [2.05, 4.69) is 4.98 Å². The molecule has 1 rings (SSSR count). The summed E-state index contributed by atoms with van der Waals surface area (Å²) in [5, 5.41) is -0.426. The van der Waals surface area contributed by atoms with Crippen molar-refractivity contribution in [2.75, 3.05) is 0 Å². The SMILES string of the molecule is OSc1ncccc1C(F)(F)F. The van der Waals surface area contributed by atoms with Crippen molar-refractivity contribution in [1.82, 2.24) is 4.98 Å². The van der Waals surface area contributed by atoms with Crippen LogP contribution in [0.25, 0.3) is 0 Å². The smallest absolute Gasteiger partial charge is 0.324 e. The maximum Gasteiger partial charge on any atom is 0.419 e. The van der Waals surface area contributed by atoms with E-state index in [1.165, 1.54) is 12.3 Å². The normalized spacial score (nSPS) is 11.7. The van der Waals surface area contributed by atoms with Gasteiger partial charge in [0.25, 0.3) is 0 Å². The fraction of sp³-hybridized carbons (Fsp3) is 0.167. The number of rotatable bonds is 1. The van der Waals surface area contributed by atoms with Crippen molar-refractivity contribution in [3.8, 4) is 0 Å². The number of hydrogen-bond donors (Lipinski definition) is 1. The van der Waals surface area contributed by atoms with Gasteiger partial charge >= 0.3 is 6.18 Å². The Morgan fingerprint density at radius 2 is 2.08 bits per heavy atom. The lowest BCUT2D eigenvalue weighted by Gasteiger charge is -2.07. The molecule has 0 saturated heterocycles. The fourth-order valence-corrected chi connectivity index (χ4v) is 1.07. The van der Waals surface area contributed by atoms with Crippen molar-refractivity contribution in [3.63, 3.8) is 0 Å². The van der Waals surface area contributed by atoms with Gasteiger partial charge in [0, 0.05) is 18.2 Å². The second kappa shape index (κ2) is 3.32. The van der Waals surface area contributed by atoms with E-state index < -0.39 is 16.8 Å². The summed E-state index contributed by atoms with van der Waals surface area (Å²) in [6.45, 7) is 0. The van der Waals surface area contributed by atoms with E-state index in [0.29, 0.717) is 0 Å². The summed E-state index contributed by atoms with van der Waals surface area (Å²) in [6.07, 6.45) is -3.27. The molecular formula is C6H4F3NOS. The lowest BCUT2D eigenvalue weighted by Crippen LogP contribution is -2.07. The average molecular weight is 195 g/mol. The molecule has 2 nitrogen and oxygen atoms in total. The molecule has 0 fully saturated rings. The number of pyridine rings is 1. The minimum absolute atomic E-state index is 0.00882. The Morgan fingerprint density at radius 3 is 2.50 bits per heavy atom. The summed E-state index contributed by atoms with van der Waals surface area (Å²) >= 11 is -0.00882. The highest BCUT2D eigenvalue weighted by molar-refractivity contribution is 7.93. The van der Waals surface area contributed by atoms with Crippen LogP contribution in [0.2, 0.25) is 0 Å². The first kappa shape index (κ1) is 9.34. The Kier molecular flexibility index (Phi) is 2.58. The Balaban J connectivity index is 3.14. The zero-order valence-electron chi connectivity index (χ0n) is 5.67. The van der Waals surface area contributed by atoms with Crippen LogP contribution in [0.5, 0.6) is 0 Å². The molecule has 1 aromatic rings. The third-order valence-corrected chi connectivity index (χ3v) is 1.66. The van der Waals surface area contributed by atoms with Gasteiger partial charge in [-0.15, -0.1) is 0 Å². The number of nitrogens with zero attached hydrogens (tertiary/aromatic N) is 1. The molecule has 0 saturated carbocycles. The fourth-order valence-electron chi connectivity index (χ4n) is 0.679. The van der Waals surface area contributed by atoms with Gasteiger partial charge in [-0.3, -0.25) is 0 Å². The van der Waals surface area contributed by atoms with E-state index in [9.17, 15) is 13.2 Å². The van der Waals surface area contributed by atoms with Gasteiger partial charge in [-0.05, 0) is 12.1 Å². The van der Waals surface area contributed by atoms with Gasteiger partial charge < -0.3 is 4.55 Å². The Bertz CT molecular complexity index is 276. The quantitative estimate of drug-likeness (QED) is 0.699. The predicted octanol–water partition coefficient (Wildman–Crippen LogP) is 2.67. The molecule has 1 N–H and O–H groups in total. The average Bonchev–Trinajstić information content (AvgIpc) is 2.03. The highest BCUT2D eigenvalue weighted by Gasteiger charge is 2.33. The van der Waals surface area contributed by atoms with Crippen molar-refractivity contribution in [1.29, 1.82) is 0 Å². The number of hydrogen-bond acceptors (Lipinski definition) is 3. The first-order valence-electron chi connectivity index (χ1n) is 2.89. The van der Waals surface area contributed by atoms with E-state index in [4.69, 9.17) is 4.55 Å². The van der Waals surface area contributed by atoms with Crippen LogP contribution >= 0.6 is 12.0 Å². The van der Waals surface area contributed by atoms with Crippen molar-refractivity contribution >= 4 is 12.0 Å². The topological polar surface area (TPSA) is 33.1 Å². The molecule has 0 aliphatic carbocycles. The first-order valence-corrected chi connectivity index (χ1v) is 3.66.